The summed E-state index contributed by atoms with van der Waals surface area (Å²) in [4.78, 5) is 13.3. The molecule has 1 heterocycles. The third kappa shape index (κ3) is 2.79. The molecule has 0 bridgehead atoms. The molecule has 1 unspecified atom stereocenters. The summed E-state index contributed by atoms with van der Waals surface area (Å²) in [6.45, 7) is 4.87. The largest absolute Gasteiger partial charge is 0.384 e. The lowest BCUT2D eigenvalue weighted by Crippen LogP contribution is -2.40. The van der Waals surface area contributed by atoms with Gasteiger partial charge in [-0.3, -0.25) is 4.79 Å². The Balaban J connectivity index is 2.09. The van der Waals surface area contributed by atoms with Crippen molar-refractivity contribution in [2.24, 2.45) is 0 Å². The summed E-state index contributed by atoms with van der Waals surface area (Å²) in [5, 5.41) is 9.28. The lowest BCUT2D eigenvalue weighted by Gasteiger charge is -2.27. The molecule has 0 spiro atoms. The van der Waals surface area contributed by atoms with E-state index >= 15 is 0 Å². The Labute approximate surface area is 108 Å². The number of benzene rings is 1. The van der Waals surface area contributed by atoms with Crippen molar-refractivity contribution >= 4 is 11.5 Å². The standard InChI is InChI=1S/C15H19NO2/c1-11-4-3-5-14(10-11)13-6-8-16(9-7-13)15(18)12(2)17/h3-6,10,12,17H,7-9H2,1-2H3. The summed E-state index contributed by atoms with van der Waals surface area (Å²) in [7, 11) is 0. The van der Waals surface area contributed by atoms with Gasteiger partial charge in [-0.2, -0.15) is 0 Å². The monoisotopic (exact) mass is 245 g/mol. The third-order valence-corrected chi connectivity index (χ3v) is 3.27. The van der Waals surface area contributed by atoms with E-state index in [1.165, 1.54) is 23.6 Å². The maximum atomic E-state index is 11.6. The number of carbonyl (C=O) groups is 1. The van der Waals surface area contributed by atoms with Crippen molar-refractivity contribution in [2.75, 3.05) is 13.1 Å². The van der Waals surface area contributed by atoms with Gasteiger partial charge in [-0.25, -0.2) is 0 Å². The zero-order chi connectivity index (χ0) is 13.1. The minimum absolute atomic E-state index is 0.186. The van der Waals surface area contributed by atoms with E-state index in [1.807, 2.05) is 0 Å². The van der Waals surface area contributed by atoms with Gasteiger partial charge >= 0.3 is 0 Å². The molecule has 0 aromatic heterocycles. The van der Waals surface area contributed by atoms with Crippen LogP contribution in [-0.4, -0.2) is 35.1 Å². The van der Waals surface area contributed by atoms with Gasteiger partial charge in [-0.15, -0.1) is 0 Å². The number of aliphatic hydroxyl groups is 1. The number of nitrogens with zero attached hydrogens (tertiary/aromatic N) is 1. The maximum absolute atomic E-state index is 11.6. The molecule has 1 aliphatic heterocycles. The van der Waals surface area contributed by atoms with E-state index in [4.69, 9.17) is 0 Å². The fraction of sp³-hybridized carbons (Fsp3) is 0.400. The molecular weight excluding hydrogens is 226 g/mol. The van der Waals surface area contributed by atoms with Crippen LogP contribution < -0.4 is 0 Å². The predicted molar refractivity (Wildman–Crippen MR) is 72.0 cm³/mol. The molecule has 1 N–H and O–H groups in total. The average Bonchev–Trinajstić information content (AvgIpc) is 2.38. The van der Waals surface area contributed by atoms with Gasteiger partial charge in [0.2, 0.25) is 0 Å². The Kier molecular flexibility index (Phi) is 3.82. The summed E-state index contributed by atoms with van der Waals surface area (Å²) in [6.07, 6.45) is 2.03. The van der Waals surface area contributed by atoms with Crippen LogP contribution in [0.5, 0.6) is 0 Å². The summed E-state index contributed by atoms with van der Waals surface area (Å²) in [5.74, 6) is -0.186. The smallest absolute Gasteiger partial charge is 0.251 e. The zero-order valence-electron chi connectivity index (χ0n) is 10.9. The van der Waals surface area contributed by atoms with E-state index < -0.39 is 6.10 Å². The maximum Gasteiger partial charge on any atom is 0.251 e. The van der Waals surface area contributed by atoms with Gasteiger partial charge in [0, 0.05) is 13.1 Å². The Morgan fingerprint density at radius 3 is 2.78 bits per heavy atom. The summed E-state index contributed by atoms with van der Waals surface area (Å²) in [5.41, 5.74) is 3.77. The number of aryl methyl sites for hydroxylation is 1. The second-order valence-electron chi connectivity index (χ2n) is 4.81. The third-order valence-electron chi connectivity index (χ3n) is 3.27. The van der Waals surface area contributed by atoms with Gasteiger partial charge < -0.3 is 10.0 Å². The number of hydrogen-bond donors (Lipinski definition) is 1. The topological polar surface area (TPSA) is 40.5 Å². The molecule has 0 saturated carbocycles. The van der Waals surface area contributed by atoms with Crippen LogP contribution in [0.25, 0.3) is 5.57 Å². The number of amides is 1. The van der Waals surface area contributed by atoms with Crippen LogP contribution >= 0.6 is 0 Å². The normalized spacial score (nSPS) is 17.3. The lowest BCUT2D eigenvalue weighted by atomic mass is 9.98. The van der Waals surface area contributed by atoms with Crippen molar-refractivity contribution < 1.29 is 9.90 Å². The van der Waals surface area contributed by atoms with Gasteiger partial charge in [0.25, 0.3) is 5.91 Å². The first-order valence-corrected chi connectivity index (χ1v) is 6.31. The second-order valence-corrected chi connectivity index (χ2v) is 4.81. The Bertz CT molecular complexity index is 477. The number of hydrogen-bond acceptors (Lipinski definition) is 2. The molecule has 3 nitrogen and oxygen atoms in total. The van der Waals surface area contributed by atoms with Crippen LogP contribution in [-0.2, 0) is 4.79 Å². The summed E-state index contributed by atoms with van der Waals surface area (Å²) >= 11 is 0. The molecule has 2 rings (SSSR count). The first kappa shape index (κ1) is 12.8. The minimum atomic E-state index is -0.904. The van der Waals surface area contributed by atoms with Crippen LogP contribution in [0.4, 0.5) is 0 Å². The van der Waals surface area contributed by atoms with Crippen molar-refractivity contribution in [3.05, 3.63) is 41.5 Å². The van der Waals surface area contributed by atoms with Gasteiger partial charge in [0.1, 0.15) is 6.10 Å². The van der Waals surface area contributed by atoms with Crippen LogP contribution in [0.2, 0.25) is 0 Å². The number of rotatable bonds is 2. The summed E-state index contributed by atoms with van der Waals surface area (Å²) in [6, 6.07) is 8.40. The van der Waals surface area contributed by atoms with Crippen LogP contribution in [0, 0.1) is 6.92 Å². The molecule has 0 fully saturated rings. The molecule has 0 aliphatic carbocycles. The average molecular weight is 245 g/mol. The summed E-state index contributed by atoms with van der Waals surface area (Å²) < 4.78 is 0. The molecule has 1 atom stereocenters. The van der Waals surface area contributed by atoms with Crippen molar-refractivity contribution in [3.63, 3.8) is 0 Å². The number of carbonyl (C=O) groups excluding carboxylic acids is 1. The van der Waals surface area contributed by atoms with Gasteiger partial charge in [0.05, 0.1) is 0 Å². The fourth-order valence-corrected chi connectivity index (χ4v) is 2.24. The SMILES string of the molecule is Cc1cccc(C2=CCN(C(=O)C(C)O)CC2)c1. The quantitative estimate of drug-likeness (QED) is 0.865. The van der Waals surface area contributed by atoms with E-state index in [1.54, 1.807) is 4.90 Å². The molecule has 1 aromatic carbocycles. The molecular formula is C15H19NO2. The molecule has 96 valence electrons. The molecule has 3 heteroatoms. The molecule has 1 aliphatic rings. The fourth-order valence-electron chi connectivity index (χ4n) is 2.24. The highest BCUT2D eigenvalue weighted by Crippen LogP contribution is 2.23. The Hall–Kier alpha value is -1.61. The predicted octanol–water partition coefficient (Wildman–Crippen LogP) is 1.99. The Morgan fingerprint density at radius 2 is 2.22 bits per heavy atom. The second kappa shape index (κ2) is 5.36. The molecule has 18 heavy (non-hydrogen) atoms. The molecule has 1 aromatic rings. The van der Waals surface area contributed by atoms with Crippen LogP contribution in [0.15, 0.2) is 30.3 Å². The zero-order valence-corrected chi connectivity index (χ0v) is 10.9. The highest BCUT2D eigenvalue weighted by molar-refractivity contribution is 5.81. The Morgan fingerprint density at radius 1 is 1.44 bits per heavy atom. The first-order chi connectivity index (χ1) is 8.58. The minimum Gasteiger partial charge on any atom is -0.384 e. The van der Waals surface area contributed by atoms with Crippen molar-refractivity contribution in [1.29, 1.82) is 0 Å². The van der Waals surface area contributed by atoms with Crippen molar-refractivity contribution in [1.82, 2.24) is 4.90 Å². The molecule has 0 saturated heterocycles. The van der Waals surface area contributed by atoms with Gasteiger partial charge in [-0.05, 0) is 31.4 Å². The van der Waals surface area contributed by atoms with Gasteiger partial charge in [-0.1, -0.05) is 35.9 Å². The molecule has 1 amide bonds. The van der Waals surface area contributed by atoms with E-state index in [2.05, 4.69) is 37.3 Å². The van der Waals surface area contributed by atoms with Gasteiger partial charge in [0.15, 0.2) is 0 Å². The highest BCUT2D eigenvalue weighted by atomic mass is 16.3. The highest BCUT2D eigenvalue weighted by Gasteiger charge is 2.20. The lowest BCUT2D eigenvalue weighted by molar-refractivity contribution is -0.138. The van der Waals surface area contributed by atoms with E-state index in [0.717, 1.165) is 6.42 Å². The number of aliphatic hydroxyl groups excluding tert-OH is 1. The van der Waals surface area contributed by atoms with Crippen molar-refractivity contribution in [2.45, 2.75) is 26.4 Å². The van der Waals surface area contributed by atoms with Crippen LogP contribution in [0.1, 0.15) is 24.5 Å². The van der Waals surface area contributed by atoms with Crippen molar-refractivity contribution in [3.8, 4) is 0 Å². The van der Waals surface area contributed by atoms with E-state index in [0.29, 0.717) is 13.1 Å². The van der Waals surface area contributed by atoms with E-state index in [-0.39, 0.29) is 5.91 Å². The molecule has 0 radical (unpaired) electrons. The van der Waals surface area contributed by atoms with E-state index in [9.17, 15) is 9.90 Å². The van der Waals surface area contributed by atoms with Crippen LogP contribution in [0.3, 0.4) is 0 Å². The first-order valence-electron chi connectivity index (χ1n) is 6.31.